The summed E-state index contributed by atoms with van der Waals surface area (Å²) in [5.41, 5.74) is 3.20. The Labute approximate surface area is 258 Å². The van der Waals surface area contributed by atoms with Crippen LogP contribution in [0, 0.1) is 5.82 Å². The molecule has 0 unspecified atom stereocenters. The predicted molar refractivity (Wildman–Crippen MR) is 167 cm³/mol. The van der Waals surface area contributed by atoms with Gasteiger partial charge in [0.05, 0.1) is 30.3 Å². The highest BCUT2D eigenvalue weighted by Crippen LogP contribution is 2.34. The van der Waals surface area contributed by atoms with E-state index >= 15 is 0 Å². The van der Waals surface area contributed by atoms with Gasteiger partial charge in [0, 0.05) is 31.1 Å². The number of ether oxygens (including phenoxy) is 2. The summed E-state index contributed by atoms with van der Waals surface area (Å²) in [5, 5.41) is 9.67. The third-order valence-corrected chi connectivity index (χ3v) is 8.31. The molecule has 2 atom stereocenters. The summed E-state index contributed by atoms with van der Waals surface area (Å²) in [5.74, 6) is -2.53. The van der Waals surface area contributed by atoms with E-state index in [1.165, 1.54) is 19.2 Å². The minimum absolute atomic E-state index is 0.00131. The Morgan fingerprint density at radius 2 is 1.77 bits per heavy atom. The molecule has 0 spiro atoms. The van der Waals surface area contributed by atoms with Gasteiger partial charge in [0.1, 0.15) is 12.0 Å². The molecule has 12 heteroatoms. The van der Waals surface area contributed by atoms with E-state index in [4.69, 9.17) is 9.47 Å². The number of hydrogen-bond acceptors (Lipinski definition) is 8. The van der Waals surface area contributed by atoms with E-state index in [2.05, 4.69) is 9.97 Å². The van der Waals surface area contributed by atoms with E-state index in [1.807, 2.05) is 56.3 Å². The third kappa shape index (κ3) is 8.47. The second kappa shape index (κ2) is 13.5. The van der Waals surface area contributed by atoms with Crippen LogP contribution in [0.3, 0.4) is 0 Å². The maximum absolute atomic E-state index is 13.9. The van der Waals surface area contributed by atoms with Gasteiger partial charge < -0.3 is 14.6 Å². The van der Waals surface area contributed by atoms with E-state index in [1.54, 1.807) is 30.9 Å². The first-order valence-corrected chi connectivity index (χ1v) is 16.1. The van der Waals surface area contributed by atoms with Crippen LogP contribution in [0.5, 0.6) is 0 Å². The standard InChI is InChI=1S/C32H39FN4O6S/c1-21(2)29-26(30(23-12-14-24(33)15-13-23)35-31(34-29)36(5)44(6,40)41)17-16-25-18-27(43-32(3,4)42-25)37(20-28(38)39)19-22-10-8-7-9-11-22/h7-17,21,25,27H,18-20H2,1-6H3,(H,38,39)/t25-,27-/m1/s1. The van der Waals surface area contributed by atoms with Gasteiger partial charge in [0.25, 0.3) is 0 Å². The zero-order valence-electron chi connectivity index (χ0n) is 25.8. The fourth-order valence-corrected chi connectivity index (χ4v) is 5.39. The summed E-state index contributed by atoms with van der Waals surface area (Å²) >= 11 is 0. The van der Waals surface area contributed by atoms with Gasteiger partial charge in [0.15, 0.2) is 5.79 Å². The zero-order valence-corrected chi connectivity index (χ0v) is 26.6. The van der Waals surface area contributed by atoms with Crippen LogP contribution in [0.2, 0.25) is 0 Å². The molecule has 0 radical (unpaired) electrons. The van der Waals surface area contributed by atoms with Crippen molar-refractivity contribution in [2.45, 2.75) is 64.7 Å². The van der Waals surface area contributed by atoms with Crippen LogP contribution < -0.4 is 4.31 Å². The Morgan fingerprint density at radius 1 is 1.11 bits per heavy atom. The molecular weight excluding hydrogens is 587 g/mol. The molecule has 0 aliphatic carbocycles. The summed E-state index contributed by atoms with van der Waals surface area (Å²) in [6.45, 7) is 7.60. The van der Waals surface area contributed by atoms with Gasteiger partial charge in [-0.2, -0.15) is 0 Å². The fraction of sp³-hybridized carbons (Fsp3) is 0.406. The number of rotatable bonds is 11. The monoisotopic (exact) mass is 626 g/mol. The minimum Gasteiger partial charge on any atom is -0.480 e. The highest BCUT2D eigenvalue weighted by Gasteiger charge is 2.38. The summed E-state index contributed by atoms with van der Waals surface area (Å²) in [6, 6.07) is 15.4. The minimum atomic E-state index is -3.65. The van der Waals surface area contributed by atoms with Crippen LogP contribution in [0.25, 0.3) is 17.3 Å². The molecule has 44 heavy (non-hydrogen) atoms. The van der Waals surface area contributed by atoms with E-state index in [0.717, 1.165) is 16.1 Å². The molecule has 0 bridgehead atoms. The molecule has 0 saturated carbocycles. The van der Waals surface area contributed by atoms with Gasteiger partial charge in [-0.05, 0) is 49.6 Å². The van der Waals surface area contributed by atoms with Crippen molar-refractivity contribution in [1.29, 1.82) is 0 Å². The number of aliphatic carboxylic acids is 1. The number of anilines is 1. The molecule has 2 aromatic carbocycles. The van der Waals surface area contributed by atoms with Crippen LogP contribution in [0.15, 0.2) is 60.7 Å². The predicted octanol–water partition coefficient (Wildman–Crippen LogP) is 5.27. The Hall–Kier alpha value is -3.71. The summed E-state index contributed by atoms with van der Waals surface area (Å²) in [7, 11) is -2.27. The van der Waals surface area contributed by atoms with E-state index in [-0.39, 0.29) is 18.4 Å². The average molecular weight is 627 g/mol. The number of halogens is 1. The van der Waals surface area contributed by atoms with Crippen LogP contribution in [0.4, 0.5) is 10.3 Å². The fourth-order valence-electron chi connectivity index (χ4n) is 5.01. The quantitative estimate of drug-likeness (QED) is 0.303. The van der Waals surface area contributed by atoms with Gasteiger partial charge in [-0.3, -0.25) is 9.69 Å². The van der Waals surface area contributed by atoms with E-state index in [0.29, 0.717) is 35.5 Å². The van der Waals surface area contributed by atoms with Crippen molar-refractivity contribution >= 4 is 28.0 Å². The molecule has 10 nitrogen and oxygen atoms in total. The first-order chi connectivity index (χ1) is 20.6. The number of benzene rings is 2. The average Bonchev–Trinajstić information content (AvgIpc) is 2.94. The highest BCUT2D eigenvalue weighted by molar-refractivity contribution is 7.92. The maximum atomic E-state index is 13.9. The van der Waals surface area contributed by atoms with Gasteiger partial charge in [-0.15, -0.1) is 0 Å². The van der Waals surface area contributed by atoms with Crippen molar-refractivity contribution in [3.05, 3.63) is 83.3 Å². The number of nitrogens with zero attached hydrogens (tertiary/aromatic N) is 4. The Kier molecular flexibility index (Phi) is 10.2. The molecule has 1 aromatic heterocycles. The number of carbonyl (C=O) groups is 1. The number of aromatic nitrogens is 2. The normalized spacial score (nSPS) is 18.7. The largest absolute Gasteiger partial charge is 0.480 e. The SMILES string of the molecule is CC(C)c1nc(N(C)S(C)(=O)=O)nc(-c2ccc(F)cc2)c1C=C[C@@H]1C[C@H](N(CC(=O)O)Cc2ccccc2)OC(C)(C)O1. The van der Waals surface area contributed by atoms with E-state index in [9.17, 15) is 22.7 Å². The molecule has 1 fully saturated rings. The third-order valence-electron chi connectivity index (χ3n) is 7.15. The molecule has 3 aromatic rings. The molecule has 0 amide bonds. The Morgan fingerprint density at radius 3 is 2.36 bits per heavy atom. The second-order valence-electron chi connectivity index (χ2n) is 11.6. The summed E-state index contributed by atoms with van der Waals surface area (Å²) < 4.78 is 52.0. The maximum Gasteiger partial charge on any atom is 0.317 e. The second-order valence-corrected chi connectivity index (χ2v) is 13.6. The van der Waals surface area contributed by atoms with Crippen molar-refractivity contribution < 1.29 is 32.2 Å². The number of sulfonamides is 1. The lowest BCUT2D eigenvalue weighted by molar-refractivity contribution is -0.317. The molecule has 236 valence electrons. The van der Waals surface area contributed by atoms with Crippen LogP contribution in [-0.4, -0.2) is 72.3 Å². The van der Waals surface area contributed by atoms with Crippen LogP contribution in [-0.2, 0) is 30.8 Å². The van der Waals surface area contributed by atoms with Gasteiger partial charge in [-0.25, -0.2) is 27.1 Å². The van der Waals surface area contributed by atoms with Gasteiger partial charge >= 0.3 is 5.97 Å². The lowest BCUT2D eigenvalue weighted by Gasteiger charge is -2.43. The van der Waals surface area contributed by atoms with Crippen LogP contribution >= 0.6 is 0 Å². The zero-order chi connectivity index (χ0) is 32.2. The number of hydrogen-bond donors (Lipinski definition) is 1. The van der Waals surface area contributed by atoms with Gasteiger partial charge in [0.2, 0.25) is 16.0 Å². The first-order valence-electron chi connectivity index (χ1n) is 14.3. The molecular formula is C32H39FN4O6S. The van der Waals surface area contributed by atoms with Crippen molar-refractivity contribution in [1.82, 2.24) is 14.9 Å². The number of carboxylic acid groups (broad SMARTS) is 1. The first kappa shape index (κ1) is 33.2. The van der Waals surface area contributed by atoms with Crippen molar-refractivity contribution in [3.63, 3.8) is 0 Å². The van der Waals surface area contributed by atoms with Gasteiger partial charge in [-0.1, -0.05) is 56.3 Å². The highest BCUT2D eigenvalue weighted by atomic mass is 32.2. The molecule has 1 N–H and O–H groups in total. The molecule has 1 saturated heterocycles. The van der Waals surface area contributed by atoms with Crippen LogP contribution in [0.1, 0.15) is 56.9 Å². The van der Waals surface area contributed by atoms with Crippen molar-refractivity contribution in [3.8, 4) is 11.3 Å². The lowest BCUT2D eigenvalue weighted by Crippen LogP contribution is -2.52. The van der Waals surface area contributed by atoms with Crippen molar-refractivity contribution in [2.24, 2.45) is 0 Å². The molecule has 1 aliphatic rings. The van der Waals surface area contributed by atoms with E-state index < -0.39 is 39.9 Å². The molecule has 2 heterocycles. The van der Waals surface area contributed by atoms with Crippen molar-refractivity contribution in [2.75, 3.05) is 24.2 Å². The topological polar surface area (TPSA) is 122 Å². The molecule has 1 aliphatic heterocycles. The lowest BCUT2D eigenvalue weighted by atomic mass is 9.97. The Balaban J connectivity index is 1.75. The summed E-state index contributed by atoms with van der Waals surface area (Å²) in [6.07, 6.45) is 4.07. The Bertz CT molecular complexity index is 1600. The summed E-state index contributed by atoms with van der Waals surface area (Å²) in [4.78, 5) is 22.8. The smallest absolute Gasteiger partial charge is 0.317 e. The molecule has 4 rings (SSSR count). The number of carboxylic acids is 1.